The Kier molecular flexibility index (Phi) is 7.42. The quantitative estimate of drug-likeness (QED) is 0.291. The van der Waals surface area contributed by atoms with Crippen molar-refractivity contribution in [2.24, 2.45) is 0 Å². The highest BCUT2D eigenvalue weighted by atomic mass is 35.5. The first kappa shape index (κ1) is 26.7. The predicted octanol–water partition coefficient (Wildman–Crippen LogP) is 3.02. The molecule has 0 fully saturated rings. The second-order valence-electron chi connectivity index (χ2n) is 7.50. The fraction of sp³-hybridized carbons (Fsp3) is 0.250. The normalized spacial score (nSPS) is 12.4. The third-order valence-corrected chi connectivity index (χ3v) is 5.20. The van der Waals surface area contributed by atoms with Crippen LogP contribution in [0.2, 0.25) is 5.15 Å². The maximum absolute atomic E-state index is 13.8. The molecule has 38 heavy (non-hydrogen) atoms. The molecule has 0 aliphatic heterocycles. The SMILES string of the molecule is CONC(=O)c1cnn(-c2ncc(NC(=O)Nc3cnc4cc(Cl)nn4c3[C@H](C)OC)cc2C(F)(F)F)n1. The number of fused-ring (bicyclic) bond motifs is 1. The van der Waals surface area contributed by atoms with Crippen molar-refractivity contribution in [1.29, 1.82) is 0 Å². The molecule has 3 N–H and O–H groups in total. The number of nitrogens with one attached hydrogen (secondary N) is 3. The zero-order valence-electron chi connectivity index (χ0n) is 19.7. The van der Waals surface area contributed by atoms with E-state index >= 15 is 0 Å². The molecule has 200 valence electrons. The summed E-state index contributed by atoms with van der Waals surface area (Å²) < 4.78 is 48.2. The van der Waals surface area contributed by atoms with Crippen LogP contribution < -0.4 is 16.1 Å². The first-order chi connectivity index (χ1) is 18.0. The highest BCUT2D eigenvalue weighted by Crippen LogP contribution is 2.34. The number of halogens is 4. The second kappa shape index (κ2) is 10.6. The predicted molar refractivity (Wildman–Crippen MR) is 125 cm³/mol. The van der Waals surface area contributed by atoms with Crippen LogP contribution in [0.4, 0.5) is 29.3 Å². The lowest BCUT2D eigenvalue weighted by molar-refractivity contribution is -0.137. The minimum absolute atomic E-state index is 0.160. The van der Waals surface area contributed by atoms with Crippen LogP contribution in [0.1, 0.15) is 34.8 Å². The topological polar surface area (TPSA) is 162 Å². The summed E-state index contributed by atoms with van der Waals surface area (Å²) in [6.07, 6.45) is -2.24. The third-order valence-electron chi connectivity index (χ3n) is 5.02. The molecule has 0 spiro atoms. The summed E-state index contributed by atoms with van der Waals surface area (Å²) in [5, 5.41) is 16.4. The maximum atomic E-state index is 13.8. The Bertz CT molecular complexity index is 1510. The smallest absolute Gasteiger partial charge is 0.375 e. The number of amides is 3. The molecule has 0 bridgehead atoms. The average Bonchev–Trinajstić information content (AvgIpc) is 3.49. The fourth-order valence-electron chi connectivity index (χ4n) is 3.32. The Labute approximate surface area is 216 Å². The number of ether oxygens (including phenoxy) is 1. The van der Waals surface area contributed by atoms with Crippen LogP contribution in [0, 0.1) is 0 Å². The number of hydrogen-bond acceptors (Lipinski definition) is 9. The van der Waals surface area contributed by atoms with Gasteiger partial charge in [0.1, 0.15) is 5.56 Å². The summed E-state index contributed by atoms with van der Waals surface area (Å²) in [5.74, 6) is -1.55. The van der Waals surface area contributed by atoms with Gasteiger partial charge in [-0.05, 0) is 13.0 Å². The summed E-state index contributed by atoms with van der Waals surface area (Å²) in [6.45, 7) is 1.69. The standard InChI is InChI=1S/C20H18ClF3N10O4/c1-9(37-2)16-12(7-25-15-5-14(21)31-33(15)16)29-19(36)28-10-4-11(20(22,23)24)17(26-6-10)34-27-8-13(30-34)18(35)32-38-3/h4-9H,1-3H3,(H,32,35)(H2,28,29,36)/t9-/m0/s1. The van der Waals surface area contributed by atoms with Gasteiger partial charge >= 0.3 is 12.2 Å². The number of anilines is 2. The highest BCUT2D eigenvalue weighted by Gasteiger charge is 2.36. The van der Waals surface area contributed by atoms with Gasteiger partial charge in [-0.2, -0.15) is 23.4 Å². The molecule has 4 aromatic heterocycles. The van der Waals surface area contributed by atoms with Crippen LogP contribution >= 0.6 is 11.6 Å². The molecular weight excluding hydrogens is 537 g/mol. The van der Waals surface area contributed by atoms with Crippen molar-refractivity contribution in [2.45, 2.75) is 19.2 Å². The summed E-state index contributed by atoms with van der Waals surface area (Å²) in [6, 6.07) is 1.26. The van der Waals surface area contributed by atoms with Crippen LogP contribution in [0.15, 0.2) is 30.7 Å². The van der Waals surface area contributed by atoms with Crippen LogP contribution in [-0.4, -0.2) is 60.7 Å². The molecule has 4 heterocycles. The summed E-state index contributed by atoms with van der Waals surface area (Å²) in [7, 11) is 2.62. The van der Waals surface area contributed by atoms with E-state index in [1.165, 1.54) is 31.0 Å². The lowest BCUT2D eigenvalue weighted by Crippen LogP contribution is -2.23. The number of pyridine rings is 1. The van der Waals surface area contributed by atoms with Gasteiger partial charge in [-0.3, -0.25) is 9.63 Å². The van der Waals surface area contributed by atoms with E-state index in [9.17, 15) is 22.8 Å². The molecule has 0 radical (unpaired) electrons. The number of methoxy groups -OCH3 is 1. The second-order valence-corrected chi connectivity index (χ2v) is 7.89. The van der Waals surface area contributed by atoms with Gasteiger partial charge in [-0.15, -0.1) is 9.90 Å². The zero-order chi connectivity index (χ0) is 27.6. The molecule has 0 saturated carbocycles. The van der Waals surface area contributed by atoms with Gasteiger partial charge in [0, 0.05) is 13.2 Å². The lowest BCUT2D eigenvalue weighted by Gasteiger charge is -2.17. The van der Waals surface area contributed by atoms with Gasteiger partial charge in [0.25, 0.3) is 5.91 Å². The Morgan fingerprint density at radius 3 is 2.53 bits per heavy atom. The van der Waals surface area contributed by atoms with E-state index in [-0.39, 0.29) is 22.2 Å². The Morgan fingerprint density at radius 1 is 1.08 bits per heavy atom. The van der Waals surface area contributed by atoms with Crippen LogP contribution in [0.5, 0.6) is 0 Å². The van der Waals surface area contributed by atoms with Gasteiger partial charge in [-0.1, -0.05) is 11.6 Å². The molecule has 4 aromatic rings. The number of alkyl halides is 3. The van der Waals surface area contributed by atoms with Crippen molar-refractivity contribution in [1.82, 2.24) is 40.1 Å². The lowest BCUT2D eigenvalue weighted by atomic mass is 10.2. The number of rotatable bonds is 7. The minimum atomic E-state index is -4.91. The van der Waals surface area contributed by atoms with E-state index in [1.54, 1.807) is 6.92 Å². The Morgan fingerprint density at radius 2 is 1.84 bits per heavy atom. The van der Waals surface area contributed by atoms with Gasteiger partial charge in [-0.25, -0.2) is 24.8 Å². The van der Waals surface area contributed by atoms with Crippen molar-refractivity contribution in [3.63, 3.8) is 0 Å². The molecule has 1 atom stereocenters. The van der Waals surface area contributed by atoms with E-state index in [2.05, 4.69) is 40.7 Å². The van der Waals surface area contributed by atoms with Crippen LogP contribution in [0.3, 0.4) is 0 Å². The summed E-state index contributed by atoms with van der Waals surface area (Å²) >= 11 is 5.96. The van der Waals surface area contributed by atoms with Gasteiger partial charge < -0.3 is 15.4 Å². The van der Waals surface area contributed by atoms with E-state index in [0.29, 0.717) is 22.2 Å². The van der Waals surface area contributed by atoms with Gasteiger partial charge in [0.05, 0.1) is 48.9 Å². The molecule has 0 aliphatic carbocycles. The number of hydrogen-bond donors (Lipinski definition) is 3. The van der Waals surface area contributed by atoms with Gasteiger partial charge in [0.15, 0.2) is 22.3 Å². The molecule has 18 heteroatoms. The minimum Gasteiger partial charge on any atom is -0.375 e. The Balaban J connectivity index is 1.61. The molecule has 4 rings (SSSR count). The van der Waals surface area contributed by atoms with Gasteiger partial charge in [0.2, 0.25) is 0 Å². The van der Waals surface area contributed by atoms with Crippen LogP contribution in [-0.2, 0) is 15.8 Å². The first-order valence-electron chi connectivity index (χ1n) is 10.5. The molecule has 3 amide bonds. The number of hydroxylamine groups is 1. The number of carbonyl (C=O) groups excluding carboxylic acids is 2. The summed E-state index contributed by atoms with van der Waals surface area (Å²) in [5.41, 5.74) is 1.06. The van der Waals surface area contributed by atoms with Crippen molar-refractivity contribution in [3.8, 4) is 5.82 Å². The zero-order valence-corrected chi connectivity index (χ0v) is 20.5. The highest BCUT2D eigenvalue weighted by molar-refractivity contribution is 6.29. The molecule has 14 nitrogen and oxygen atoms in total. The third kappa shape index (κ3) is 5.48. The number of urea groups is 1. The van der Waals surface area contributed by atoms with E-state index < -0.39 is 35.6 Å². The molecule has 0 unspecified atom stereocenters. The maximum Gasteiger partial charge on any atom is 0.420 e. The molecule has 0 saturated heterocycles. The van der Waals surface area contributed by atoms with Crippen molar-refractivity contribution < 1.29 is 32.3 Å². The number of nitrogens with zero attached hydrogens (tertiary/aromatic N) is 7. The van der Waals surface area contributed by atoms with E-state index in [1.807, 2.05) is 5.48 Å². The first-order valence-corrected chi connectivity index (χ1v) is 10.9. The monoisotopic (exact) mass is 554 g/mol. The van der Waals surface area contributed by atoms with Crippen molar-refractivity contribution in [3.05, 3.63) is 52.8 Å². The molecule has 0 aromatic carbocycles. The van der Waals surface area contributed by atoms with Crippen molar-refractivity contribution in [2.75, 3.05) is 24.9 Å². The molecular formula is C20H18ClF3N10O4. The fourth-order valence-corrected chi connectivity index (χ4v) is 3.49. The van der Waals surface area contributed by atoms with Crippen molar-refractivity contribution >= 4 is 40.6 Å². The summed E-state index contributed by atoms with van der Waals surface area (Å²) in [4.78, 5) is 37.4. The molecule has 0 aliphatic rings. The number of aromatic nitrogens is 7. The number of carbonyl (C=O) groups is 2. The average molecular weight is 555 g/mol. The van der Waals surface area contributed by atoms with E-state index in [4.69, 9.17) is 16.3 Å². The van der Waals surface area contributed by atoms with E-state index in [0.717, 1.165) is 12.4 Å². The Hall–Kier alpha value is -4.35. The van der Waals surface area contributed by atoms with Crippen LogP contribution in [0.25, 0.3) is 11.5 Å². The largest absolute Gasteiger partial charge is 0.420 e.